The molecule has 0 saturated heterocycles. The van der Waals surface area contributed by atoms with Crippen molar-refractivity contribution in [2.24, 2.45) is 0 Å². The Labute approximate surface area is 126 Å². The van der Waals surface area contributed by atoms with E-state index in [1.54, 1.807) is 7.11 Å². The molecule has 108 valence electrons. The van der Waals surface area contributed by atoms with Gasteiger partial charge in [0.2, 0.25) is 5.88 Å². The standard InChI is InChI=1S/C17H13N3O2/c1-21-12-2-3-14-11(8-12)9-13-17(22-14)19-16-15-10(4-6-18-15)5-7-20(13)16/h2-8,18H,9H2,1H3. The van der Waals surface area contributed by atoms with Crippen LogP contribution in [0.15, 0.2) is 42.7 Å². The number of benzene rings is 1. The third-order valence-electron chi connectivity index (χ3n) is 4.21. The van der Waals surface area contributed by atoms with E-state index in [4.69, 9.17) is 9.47 Å². The number of aromatic nitrogens is 3. The van der Waals surface area contributed by atoms with E-state index in [1.165, 1.54) is 0 Å². The number of nitrogens with zero attached hydrogens (tertiary/aromatic N) is 2. The van der Waals surface area contributed by atoms with Crippen molar-refractivity contribution < 1.29 is 9.47 Å². The minimum absolute atomic E-state index is 0.680. The van der Waals surface area contributed by atoms with Gasteiger partial charge in [-0.15, -0.1) is 0 Å². The van der Waals surface area contributed by atoms with Crippen molar-refractivity contribution in [2.45, 2.75) is 6.42 Å². The van der Waals surface area contributed by atoms with E-state index in [9.17, 15) is 0 Å². The molecule has 3 aromatic heterocycles. The molecule has 5 rings (SSSR count). The van der Waals surface area contributed by atoms with Crippen LogP contribution in [0.3, 0.4) is 0 Å². The monoisotopic (exact) mass is 291 g/mol. The number of pyridine rings is 1. The molecule has 22 heavy (non-hydrogen) atoms. The lowest BCUT2D eigenvalue weighted by Gasteiger charge is -2.17. The number of methoxy groups -OCH3 is 1. The molecule has 4 aromatic rings. The van der Waals surface area contributed by atoms with Gasteiger partial charge in [-0.2, -0.15) is 4.98 Å². The first-order valence-electron chi connectivity index (χ1n) is 7.15. The summed E-state index contributed by atoms with van der Waals surface area (Å²) < 4.78 is 13.4. The lowest BCUT2D eigenvalue weighted by Crippen LogP contribution is -2.04. The summed E-state index contributed by atoms with van der Waals surface area (Å²) in [5, 5.41) is 1.15. The molecule has 0 aliphatic carbocycles. The molecule has 5 heteroatoms. The van der Waals surface area contributed by atoms with Crippen molar-refractivity contribution in [3.05, 3.63) is 54.0 Å². The van der Waals surface area contributed by atoms with Crippen LogP contribution >= 0.6 is 0 Å². The van der Waals surface area contributed by atoms with E-state index in [0.29, 0.717) is 5.88 Å². The Kier molecular flexibility index (Phi) is 2.14. The molecule has 0 radical (unpaired) electrons. The fraction of sp³-hybridized carbons (Fsp3) is 0.118. The fourth-order valence-corrected chi connectivity index (χ4v) is 3.10. The van der Waals surface area contributed by atoms with Crippen molar-refractivity contribution in [3.63, 3.8) is 0 Å². The number of ether oxygens (including phenoxy) is 2. The van der Waals surface area contributed by atoms with Gasteiger partial charge >= 0.3 is 0 Å². The lowest BCUT2D eigenvalue weighted by molar-refractivity contribution is 0.408. The van der Waals surface area contributed by atoms with Crippen molar-refractivity contribution >= 4 is 16.6 Å². The summed E-state index contributed by atoms with van der Waals surface area (Å²) in [5.41, 5.74) is 4.10. The first-order chi connectivity index (χ1) is 10.8. The topological polar surface area (TPSA) is 51.5 Å². The molecule has 4 heterocycles. The molecule has 5 nitrogen and oxygen atoms in total. The number of aromatic amines is 1. The SMILES string of the molecule is COc1ccc2c(c1)Cc1c(nc3c4[nH]ccc4ccn13)O2. The number of imidazole rings is 1. The van der Waals surface area contributed by atoms with Gasteiger partial charge < -0.3 is 14.5 Å². The van der Waals surface area contributed by atoms with Gasteiger partial charge in [-0.25, -0.2) is 0 Å². The van der Waals surface area contributed by atoms with Gasteiger partial charge in [0.05, 0.1) is 18.3 Å². The van der Waals surface area contributed by atoms with E-state index in [-0.39, 0.29) is 0 Å². The predicted octanol–water partition coefficient (Wildman–Crippen LogP) is 3.52. The number of fused-ring (bicyclic) bond motifs is 6. The zero-order chi connectivity index (χ0) is 14.7. The summed E-state index contributed by atoms with van der Waals surface area (Å²) in [5.74, 6) is 2.37. The first kappa shape index (κ1) is 11.7. The number of hydrogen-bond donors (Lipinski definition) is 1. The van der Waals surface area contributed by atoms with Gasteiger partial charge in [0.25, 0.3) is 0 Å². The lowest BCUT2D eigenvalue weighted by atomic mass is 10.1. The van der Waals surface area contributed by atoms with Crippen LogP contribution in [0, 0.1) is 0 Å². The summed E-state index contributed by atoms with van der Waals surface area (Å²) in [4.78, 5) is 7.93. The Morgan fingerprint density at radius 1 is 1.27 bits per heavy atom. The van der Waals surface area contributed by atoms with Crippen LogP contribution in [-0.4, -0.2) is 21.5 Å². The van der Waals surface area contributed by atoms with Gasteiger partial charge in [0.1, 0.15) is 11.5 Å². The fourth-order valence-electron chi connectivity index (χ4n) is 3.10. The van der Waals surface area contributed by atoms with Crippen molar-refractivity contribution in [1.29, 1.82) is 0 Å². The molecule has 0 unspecified atom stereocenters. The molecule has 1 aromatic carbocycles. The molecule has 1 aliphatic rings. The van der Waals surface area contributed by atoms with Gasteiger partial charge in [-0.3, -0.25) is 4.40 Å². The maximum atomic E-state index is 5.99. The third kappa shape index (κ3) is 1.45. The average molecular weight is 291 g/mol. The van der Waals surface area contributed by atoms with Gasteiger partial charge in [-0.1, -0.05) is 0 Å². The van der Waals surface area contributed by atoms with Crippen LogP contribution in [0.4, 0.5) is 0 Å². The van der Waals surface area contributed by atoms with E-state index >= 15 is 0 Å². The molecular weight excluding hydrogens is 278 g/mol. The second-order valence-corrected chi connectivity index (χ2v) is 5.43. The highest BCUT2D eigenvalue weighted by molar-refractivity contribution is 5.91. The Morgan fingerprint density at radius 3 is 3.14 bits per heavy atom. The molecule has 0 amide bonds. The summed E-state index contributed by atoms with van der Waals surface area (Å²) in [6.07, 6.45) is 4.75. The Bertz CT molecular complexity index is 1030. The third-order valence-corrected chi connectivity index (χ3v) is 4.21. The zero-order valence-corrected chi connectivity index (χ0v) is 12.0. The number of nitrogens with one attached hydrogen (secondary N) is 1. The van der Waals surface area contributed by atoms with E-state index in [0.717, 1.165) is 45.7 Å². The van der Waals surface area contributed by atoms with Crippen molar-refractivity contribution in [1.82, 2.24) is 14.4 Å². The highest BCUT2D eigenvalue weighted by atomic mass is 16.5. The first-order valence-corrected chi connectivity index (χ1v) is 7.15. The molecule has 0 atom stereocenters. The molecule has 1 aliphatic heterocycles. The smallest absolute Gasteiger partial charge is 0.241 e. The molecule has 1 N–H and O–H groups in total. The summed E-state index contributed by atoms with van der Waals surface area (Å²) in [7, 11) is 1.67. The molecular formula is C17H13N3O2. The highest BCUT2D eigenvalue weighted by Gasteiger charge is 2.23. The Hall–Kier alpha value is -2.95. The second kappa shape index (κ2) is 4.04. The van der Waals surface area contributed by atoms with Crippen LogP contribution in [0.5, 0.6) is 17.4 Å². The van der Waals surface area contributed by atoms with Crippen LogP contribution in [0.25, 0.3) is 16.6 Å². The average Bonchev–Trinajstić information content (AvgIpc) is 3.15. The zero-order valence-electron chi connectivity index (χ0n) is 12.0. The quantitative estimate of drug-likeness (QED) is 0.514. The minimum Gasteiger partial charge on any atom is -0.497 e. The van der Waals surface area contributed by atoms with Crippen LogP contribution in [-0.2, 0) is 6.42 Å². The van der Waals surface area contributed by atoms with Gasteiger partial charge in [0.15, 0.2) is 5.65 Å². The summed E-state index contributed by atoms with van der Waals surface area (Å²) >= 11 is 0. The van der Waals surface area contributed by atoms with E-state index in [2.05, 4.69) is 20.4 Å². The summed E-state index contributed by atoms with van der Waals surface area (Å²) in [6.45, 7) is 0. The van der Waals surface area contributed by atoms with Crippen molar-refractivity contribution in [2.75, 3.05) is 7.11 Å². The second-order valence-electron chi connectivity index (χ2n) is 5.43. The minimum atomic E-state index is 0.680. The predicted molar refractivity (Wildman–Crippen MR) is 82.9 cm³/mol. The number of H-pyrrole nitrogens is 1. The van der Waals surface area contributed by atoms with Crippen molar-refractivity contribution in [3.8, 4) is 17.4 Å². The van der Waals surface area contributed by atoms with E-state index < -0.39 is 0 Å². The molecule has 0 bridgehead atoms. The Morgan fingerprint density at radius 2 is 2.23 bits per heavy atom. The number of hydrogen-bond acceptors (Lipinski definition) is 3. The molecule has 0 fully saturated rings. The maximum absolute atomic E-state index is 5.99. The van der Waals surface area contributed by atoms with Gasteiger partial charge in [-0.05, 0) is 30.3 Å². The van der Waals surface area contributed by atoms with Crippen LogP contribution < -0.4 is 9.47 Å². The van der Waals surface area contributed by atoms with Crippen LogP contribution in [0.1, 0.15) is 11.3 Å². The van der Waals surface area contributed by atoms with Gasteiger partial charge in [0, 0.05) is 29.8 Å². The molecule has 0 saturated carbocycles. The Balaban J connectivity index is 1.75. The number of rotatable bonds is 1. The molecule has 0 spiro atoms. The largest absolute Gasteiger partial charge is 0.497 e. The normalized spacial score (nSPS) is 13.0. The summed E-state index contributed by atoms with van der Waals surface area (Å²) in [6, 6.07) is 9.99. The van der Waals surface area contributed by atoms with E-state index in [1.807, 2.05) is 36.7 Å². The maximum Gasteiger partial charge on any atom is 0.241 e. The highest BCUT2D eigenvalue weighted by Crippen LogP contribution is 2.38. The van der Waals surface area contributed by atoms with Crippen LogP contribution in [0.2, 0.25) is 0 Å².